The Bertz CT molecular complexity index is 1380. The van der Waals surface area contributed by atoms with Gasteiger partial charge >= 0.3 is 0 Å². The lowest BCUT2D eigenvalue weighted by atomic mass is 10.0. The summed E-state index contributed by atoms with van der Waals surface area (Å²) in [6, 6.07) is 10.3. The summed E-state index contributed by atoms with van der Waals surface area (Å²) in [4.78, 5) is 13.3. The molecule has 1 unspecified atom stereocenters. The fraction of sp³-hybridized carbons (Fsp3) is 0.200. The van der Waals surface area contributed by atoms with Crippen LogP contribution in [0, 0.1) is 18.2 Å². The largest absolute Gasteiger partial charge is 0.488 e. The van der Waals surface area contributed by atoms with E-state index in [4.69, 9.17) is 32.2 Å². The smallest absolute Gasteiger partial charge is 0.141 e. The van der Waals surface area contributed by atoms with E-state index >= 15 is 0 Å². The van der Waals surface area contributed by atoms with E-state index in [9.17, 15) is 9.50 Å². The zero-order chi connectivity index (χ0) is 26.4. The maximum atomic E-state index is 14.2. The molecule has 2 heterocycles. The minimum atomic E-state index is -0.496. The van der Waals surface area contributed by atoms with Crippen molar-refractivity contribution in [3.8, 4) is 17.2 Å². The predicted octanol–water partition coefficient (Wildman–Crippen LogP) is 4.76. The molecule has 0 bridgehead atoms. The van der Waals surface area contributed by atoms with Crippen molar-refractivity contribution < 1.29 is 19.0 Å². The lowest BCUT2D eigenvalue weighted by Gasteiger charge is -2.18. The number of hydrogen-bond donors (Lipinski definition) is 4. The van der Waals surface area contributed by atoms with Crippen LogP contribution in [0.2, 0.25) is 0 Å². The standard InChI is InChI=1S/C25H24ClFN6O3S/c1-14-30-10-21(37-14)12-35-19-6-16(27)7-20(8-19)36-18-4-2-15(3-5-18)23(28)22-24(29)31-13-32-25(22)33-17(9-26)11-34/h2-8,10,13,17,28,34H,9,11-12H2,1H3,(H3,29,31,32,33). The minimum Gasteiger partial charge on any atom is -0.488 e. The third-order valence-corrected chi connectivity index (χ3v) is 6.41. The van der Waals surface area contributed by atoms with Gasteiger partial charge in [0.25, 0.3) is 0 Å². The molecule has 0 aliphatic rings. The number of benzene rings is 2. The first-order valence-corrected chi connectivity index (χ1v) is 12.5. The van der Waals surface area contributed by atoms with E-state index in [0.29, 0.717) is 22.9 Å². The quantitative estimate of drug-likeness (QED) is 0.157. The highest BCUT2D eigenvalue weighted by Crippen LogP contribution is 2.29. The highest BCUT2D eigenvalue weighted by atomic mass is 35.5. The number of halogens is 2. The zero-order valence-electron chi connectivity index (χ0n) is 19.7. The molecule has 5 N–H and O–H groups in total. The molecule has 1 atom stereocenters. The number of hydrogen-bond acceptors (Lipinski definition) is 10. The van der Waals surface area contributed by atoms with Gasteiger partial charge in [-0.1, -0.05) is 0 Å². The van der Waals surface area contributed by atoms with Crippen LogP contribution in [0.5, 0.6) is 17.2 Å². The molecule has 0 saturated heterocycles. The first-order valence-electron chi connectivity index (χ1n) is 11.1. The minimum absolute atomic E-state index is 0.0677. The van der Waals surface area contributed by atoms with Crippen molar-refractivity contribution in [2.24, 2.45) is 0 Å². The van der Waals surface area contributed by atoms with Gasteiger partial charge < -0.3 is 25.6 Å². The SMILES string of the molecule is Cc1ncc(COc2cc(F)cc(Oc3ccc(C(=N)c4c(N)ncnc4NC(CO)CCl)cc3)c2)s1. The molecule has 4 rings (SSSR count). The van der Waals surface area contributed by atoms with E-state index in [1.807, 2.05) is 6.92 Å². The second-order valence-electron chi connectivity index (χ2n) is 7.92. The third kappa shape index (κ3) is 6.70. The molecule has 0 aliphatic carbocycles. The van der Waals surface area contributed by atoms with Gasteiger partial charge in [0.15, 0.2) is 0 Å². The van der Waals surface area contributed by atoms with E-state index in [2.05, 4.69) is 20.3 Å². The van der Waals surface area contributed by atoms with Crippen LogP contribution in [-0.2, 0) is 6.61 Å². The van der Waals surface area contributed by atoms with Gasteiger partial charge in [-0.15, -0.1) is 22.9 Å². The molecule has 37 heavy (non-hydrogen) atoms. The number of nitrogens with two attached hydrogens (primary N) is 1. The number of ether oxygens (including phenoxy) is 2. The van der Waals surface area contributed by atoms with Crippen molar-refractivity contribution >= 4 is 40.3 Å². The molecule has 4 aromatic rings. The number of nitrogens with one attached hydrogen (secondary N) is 2. The van der Waals surface area contributed by atoms with Crippen molar-refractivity contribution in [2.75, 3.05) is 23.5 Å². The summed E-state index contributed by atoms with van der Waals surface area (Å²) in [7, 11) is 0. The number of anilines is 2. The van der Waals surface area contributed by atoms with Crippen LogP contribution in [0.15, 0.2) is 55.0 Å². The number of aliphatic hydroxyl groups is 1. The molecule has 0 radical (unpaired) electrons. The number of aromatic nitrogens is 3. The average Bonchev–Trinajstić information content (AvgIpc) is 3.31. The fourth-order valence-electron chi connectivity index (χ4n) is 3.36. The van der Waals surface area contributed by atoms with Gasteiger partial charge in [-0.2, -0.15) is 0 Å². The van der Waals surface area contributed by atoms with Crippen LogP contribution in [0.25, 0.3) is 0 Å². The summed E-state index contributed by atoms with van der Waals surface area (Å²) in [5, 5.41) is 22.0. The number of thiazole rings is 1. The van der Waals surface area contributed by atoms with Crippen LogP contribution in [0.1, 0.15) is 21.0 Å². The molecular formula is C25H24ClFN6O3S. The van der Waals surface area contributed by atoms with Crippen molar-refractivity contribution in [1.82, 2.24) is 15.0 Å². The van der Waals surface area contributed by atoms with Gasteiger partial charge in [0.1, 0.15) is 47.6 Å². The molecule has 0 aliphatic heterocycles. The number of alkyl halides is 1. The average molecular weight is 543 g/mol. The number of aliphatic hydroxyl groups excluding tert-OH is 1. The van der Waals surface area contributed by atoms with Crippen LogP contribution in [-0.4, -0.2) is 44.3 Å². The lowest BCUT2D eigenvalue weighted by Crippen LogP contribution is -2.27. The molecule has 9 nitrogen and oxygen atoms in total. The Labute approximate surface area is 221 Å². The maximum Gasteiger partial charge on any atom is 0.141 e. The first-order chi connectivity index (χ1) is 17.9. The zero-order valence-corrected chi connectivity index (χ0v) is 21.3. The summed E-state index contributed by atoms with van der Waals surface area (Å²) in [6.45, 7) is 1.96. The highest BCUT2D eigenvalue weighted by Gasteiger charge is 2.18. The van der Waals surface area contributed by atoms with Gasteiger partial charge in [0.05, 0.1) is 33.8 Å². The van der Waals surface area contributed by atoms with Crippen LogP contribution >= 0.6 is 22.9 Å². The Hall–Kier alpha value is -3.80. The lowest BCUT2D eigenvalue weighted by molar-refractivity contribution is 0.282. The van der Waals surface area contributed by atoms with Crippen LogP contribution in [0.4, 0.5) is 16.0 Å². The van der Waals surface area contributed by atoms with Crippen molar-refractivity contribution in [3.63, 3.8) is 0 Å². The van der Waals surface area contributed by atoms with E-state index in [1.54, 1.807) is 36.5 Å². The second kappa shape index (κ2) is 12.0. The molecular weight excluding hydrogens is 519 g/mol. The number of aryl methyl sites for hydroxylation is 1. The van der Waals surface area contributed by atoms with Gasteiger partial charge in [-0.3, -0.25) is 5.41 Å². The molecule has 0 amide bonds. The van der Waals surface area contributed by atoms with E-state index in [1.165, 1.54) is 29.8 Å². The topological polar surface area (TPSA) is 139 Å². The summed E-state index contributed by atoms with van der Waals surface area (Å²) < 4.78 is 25.7. The fourth-order valence-corrected chi connectivity index (χ4v) is 4.24. The van der Waals surface area contributed by atoms with Gasteiger partial charge in [0.2, 0.25) is 0 Å². The van der Waals surface area contributed by atoms with E-state index in [-0.39, 0.29) is 41.9 Å². The first kappa shape index (κ1) is 26.3. The van der Waals surface area contributed by atoms with Crippen molar-refractivity contribution in [1.29, 1.82) is 5.41 Å². The predicted molar refractivity (Wildman–Crippen MR) is 142 cm³/mol. The molecule has 0 saturated carbocycles. The highest BCUT2D eigenvalue weighted by molar-refractivity contribution is 7.11. The monoisotopic (exact) mass is 542 g/mol. The Morgan fingerprint density at radius 1 is 1.16 bits per heavy atom. The normalized spacial score (nSPS) is 11.7. The van der Waals surface area contributed by atoms with Crippen molar-refractivity contribution in [3.05, 3.63) is 81.8 Å². The van der Waals surface area contributed by atoms with E-state index < -0.39 is 11.9 Å². The molecule has 12 heteroatoms. The molecule has 2 aromatic carbocycles. The summed E-state index contributed by atoms with van der Waals surface area (Å²) in [5.41, 5.74) is 6.91. The van der Waals surface area contributed by atoms with Crippen LogP contribution < -0.4 is 20.5 Å². The number of nitrogens with zero attached hydrogens (tertiary/aromatic N) is 3. The summed E-state index contributed by atoms with van der Waals surface area (Å²) >= 11 is 7.37. The van der Waals surface area contributed by atoms with Crippen molar-refractivity contribution in [2.45, 2.75) is 19.6 Å². The Morgan fingerprint density at radius 3 is 2.59 bits per heavy atom. The Kier molecular flexibility index (Phi) is 8.49. The molecule has 192 valence electrons. The third-order valence-electron chi connectivity index (χ3n) is 5.15. The van der Waals surface area contributed by atoms with Gasteiger partial charge in [-0.25, -0.2) is 19.3 Å². The van der Waals surface area contributed by atoms with Crippen LogP contribution in [0.3, 0.4) is 0 Å². The molecule has 2 aromatic heterocycles. The maximum absolute atomic E-state index is 14.2. The van der Waals surface area contributed by atoms with Gasteiger partial charge in [-0.05, 0) is 31.2 Å². The molecule has 0 spiro atoms. The van der Waals surface area contributed by atoms with E-state index in [0.717, 1.165) is 9.88 Å². The number of rotatable bonds is 11. The second-order valence-corrected chi connectivity index (χ2v) is 9.55. The number of nitrogen functional groups attached to an aromatic ring is 1. The summed E-state index contributed by atoms with van der Waals surface area (Å²) in [5.74, 6) is 1.07. The summed E-state index contributed by atoms with van der Waals surface area (Å²) in [6.07, 6.45) is 3.00. The molecule has 0 fully saturated rings. The Balaban J connectivity index is 1.48. The Morgan fingerprint density at radius 2 is 1.92 bits per heavy atom. The van der Waals surface area contributed by atoms with Gasteiger partial charge in [0, 0.05) is 35.8 Å².